The van der Waals surface area contributed by atoms with Crippen LogP contribution < -0.4 is 0 Å². The number of hydrogen-bond donors (Lipinski definition) is 0. The van der Waals surface area contributed by atoms with E-state index in [1.165, 1.54) is 12.3 Å². The van der Waals surface area contributed by atoms with Gasteiger partial charge in [-0.2, -0.15) is 0 Å². The minimum Gasteiger partial charge on any atom is -0.103 e. The zero-order chi connectivity index (χ0) is 8.14. The molecule has 0 aromatic carbocycles. The lowest BCUT2D eigenvalue weighted by Gasteiger charge is -2.45. The third kappa shape index (κ3) is 0.341. The van der Waals surface area contributed by atoms with Crippen molar-refractivity contribution in [3.05, 3.63) is 12.7 Å². The molecule has 1 spiro atoms. The molecule has 5 aliphatic rings. The average Bonchev–Trinajstić information content (AvgIpc) is 2.42. The molecule has 5 saturated carbocycles. The quantitative estimate of drug-likeness (QED) is 0.517. The lowest BCUT2D eigenvalue weighted by atomic mass is 9.59. The van der Waals surface area contributed by atoms with Gasteiger partial charge in [-0.3, -0.25) is 0 Å². The summed E-state index contributed by atoms with van der Waals surface area (Å²) >= 11 is 0. The van der Waals surface area contributed by atoms with Crippen LogP contribution in [0, 0.1) is 34.5 Å². The third-order valence-electron chi connectivity index (χ3n) is 5.82. The molecule has 0 nitrogen and oxygen atoms in total. The van der Waals surface area contributed by atoms with E-state index in [0.29, 0.717) is 5.41 Å². The maximum atomic E-state index is 4.04. The van der Waals surface area contributed by atoms with Crippen molar-refractivity contribution < 1.29 is 0 Å². The summed E-state index contributed by atoms with van der Waals surface area (Å²) in [6, 6.07) is 0. The Morgan fingerprint density at radius 3 is 2.75 bits per heavy atom. The molecule has 0 aliphatic heterocycles. The molecule has 4 unspecified atom stereocenters. The van der Waals surface area contributed by atoms with Crippen LogP contribution in [0.1, 0.15) is 26.2 Å². The van der Waals surface area contributed by atoms with Crippen molar-refractivity contribution in [2.24, 2.45) is 34.5 Å². The van der Waals surface area contributed by atoms with Gasteiger partial charge < -0.3 is 0 Å². The third-order valence-corrected chi connectivity index (χ3v) is 5.82. The molecule has 0 saturated heterocycles. The van der Waals surface area contributed by atoms with Crippen LogP contribution in [0.15, 0.2) is 12.7 Å². The Bertz CT molecular complexity index is 290. The van der Waals surface area contributed by atoms with Gasteiger partial charge in [-0.25, -0.2) is 0 Å². The minimum absolute atomic E-state index is 0.542. The van der Waals surface area contributed by atoms with Crippen molar-refractivity contribution in [2.75, 3.05) is 0 Å². The maximum absolute atomic E-state index is 4.04. The van der Waals surface area contributed by atoms with E-state index in [9.17, 15) is 0 Å². The summed E-state index contributed by atoms with van der Waals surface area (Å²) in [5.41, 5.74) is 1.44. The second kappa shape index (κ2) is 1.32. The molecular formula is C12H16. The monoisotopic (exact) mass is 160 g/mol. The van der Waals surface area contributed by atoms with Crippen LogP contribution in [0.25, 0.3) is 0 Å². The molecule has 64 valence electrons. The maximum Gasteiger partial charge on any atom is -0.0110 e. The van der Waals surface area contributed by atoms with Gasteiger partial charge in [0.05, 0.1) is 0 Å². The fraction of sp³-hybridized carbons (Fsp3) is 0.833. The highest BCUT2D eigenvalue weighted by molar-refractivity contribution is 5.36. The number of allylic oxidation sites excluding steroid dienone is 1. The summed E-state index contributed by atoms with van der Waals surface area (Å²) in [5.74, 6) is 4.49. The first-order valence-corrected chi connectivity index (χ1v) is 5.36. The average molecular weight is 160 g/mol. The highest BCUT2D eigenvalue weighted by atomic mass is 14.9. The van der Waals surface area contributed by atoms with Gasteiger partial charge in [0.2, 0.25) is 0 Å². The molecule has 0 radical (unpaired) electrons. The van der Waals surface area contributed by atoms with Gasteiger partial charge in [-0.05, 0) is 53.8 Å². The van der Waals surface area contributed by atoms with E-state index < -0.39 is 0 Å². The normalized spacial score (nSPS) is 75.1. The van der Waals surface area contributed by atoms with Crippen molar-refractivity contribution in [1.29, 1.82) is 0 Å². The van der Waals surface area contributed by atoms with E-state index in [-0.39, 0.29) is 0 Å². The van der Waals surface area contributed by atoms with E-state index >= 15 is 0 Å². The molecule has 5 aliphatic carbocycles. The molecule has 12 heavy (non-hydrogen) atoms. The summed E-state index contributed by atoms with van der Waals surface area (Å²) in [5, 5.41) is 0. The topological polar surface area (TPSA) is 0 Å². The lowest BCUT2D eigenvalue weighted by molar-refractivity contribution is 0.0456. The lowest BCUT2D eigenvalue weighted by Crippen LogP contribution is -2.39. The fourth-order valence-electron chi connectivity index (χ4n) is 5.60. The van der Waals surface area contributed by atoms with E-state index in [1.807, 2.05) is 0 Å². The molecule has 2 bridgehead atoms. The highest BCUT2D eigenvalue weighted by Gasteiger charge is 2.86. The summed E-state index contributed by atoms with van der Waals surface area (Å²) < 4.78 is 0. The zero-order valence-corrected chi connectivity index (χ0v) is 7.72. The standard InChI is InChI=1S/C12H16/c1-3-11(2)6-9-8-4-7-5-12(8,9)10(7)11/h3,7-10H,1,4-6H2,2H3/t7?,8?,9?,10-,11?,12-/m0/s1. The molecule has 0 N–H and O–H groups in total. The molecule has 0 aromatic heterocycles. The summed E-state index contributed by atoms with van der Waals surface area (Å²) in [7, 11) is 0. The summed E-state index contributed by atoms with van der Waals surface area (Å²) in [6.07, 6.45) is 6.91. The highest BCUT2D eigenvalue weighted by Crippen LogP contribution is 2.92. The Morgan fingerprint density at radius 2 is 2.17 bits per heavy atom. The van der Waals surface area contributed by atoms with Crippen LogP contribution in [0.5, 0.6) is 0 Å². The smallest absolute Gasteiger partial charge is 0.0110 e. The van der Waals surface area contributed by atoms with Crippen LogP contribution >= 0.6 is 0 Å². The second-order valence-corrected chi connectivity index (χ2v) is 5.92. The second-order valence-electron chi connectivity index (χ2n) is 5.92. The largest absolute Gasteiger partial charge is 0.103 e. The molecular weight excluding hydrogens is 144 g/mol. The van der Waals surface area contributed by atoms with Gasteiger partial charge in [0.1, 0.15) is 0 Å². The number of hydrogen-bond acceptors (Lipinski definition) is 0. The Balaban J connectivity index is 1.88. The van der Waals surface area contributed by atoms with Gasteiger partial charge in [-0.1, -0.05) is 13.0 Å². The van der Waals surface area contributed by atoms with Crippen LogP contribution in [0.4, 0.5) is 0 Å². The molecule has 0 amide bonds. The fourth-order valence-corrected chi connectivity index (χ4v) is 5.60. The van der Waals surface area contributed by atoms with Crippen molar-refractivity contribution in [3.8, 4) is 0 Å². The van der Waals surface area contributed by atoms with Gasteiger partial charge in [0.25, 0.3) is 0 Å². The first-order chi connectivity index (χ1) is 5.72. The van der Waals surface area contributed by atoms with Crippen LogP contribution in [-0.2, 0) is 0 Å². The predicted octanol–water partition coefficient (Wildman–Crippen LogP) is 2.85. The first-order valence-electron chi connectivity index (χ1n) is 5.36. The molecule has 6 atom stereocenters. The zero-order valence-electron chi connectivity index (χ0n) is 7.72. The van der Waals surface area contributed by atoms with Crippen LogP contribution in [-0.4, -0.2) is 0 Å². The predicted molar refractivity (Wildman–Crippen MR) is 48.5 cm³/mol. The van der Waals surface area contributed by atoms with Crippen molar-refractivity contribution in [3.63, 3.8) is 0 Å². The number of rotatable bonds is 1. The summed E-state index contributed by atoms with van der Waals surface area (Å²) in [4.78, 5) is 0. The van der Waals surface area contributed by atoms with Gasteiger partial charge in [0.15, 0.2) is 0 Å². The van der Waals surface area contributed by atoms with E-state index in [2.05, 4.69) is 19.6 Å². The SMILES string of the molecule is C=CC1(C)CC2C3CC4C[C@]32[C@@H]41. The van der Waals surface area contributed by atoms with Crippen molar-refractivity contribution >= 4 is 0 Å². The van der Waals surface area contributed by atoms with Crippen LogP contribution in [0.3, 0.4) is 0 Å². The molecule has 5 fully saturated rings. The van der Waals surface area contributed by atoms with Gasteiger partial charge in [0, 0.05) is 0 Å². The van der Waals surface area contributed by atoms with E-state index in [0.717, 1.165) is 23.2 Å². The van der Waals surface area contributed by atoms with Crippen LogP contribution in [0.2, 0.25) is 0 Å². The van der Waals surface area contributed by atoms with Gasteiger partial charge in [-0.15, -0.1) is 6.58 Å². The molecule has 0 heteroatoms. The Kier molecular flexibility index (Phi) is 0.688. The van der Waals surface area contributed by atoms with Crippen molar-refractivity contribution in [1.82, 2.24) is 0 Å². The van der Waals surface area contributed by atoms with E-state index in [1.54, 1.807) is 12.8 Å². The Hall–Kier alpha value is -0.260. The molecule has 0 heterocycles. The molecule has 0 aromatic rings. The minimum atomic E-state index is 0.542. The Morgan fingerprint density at radius 1 is 1.33 bits per heavy atom. The summed E-state index contributed by atoms with van der Waals surface area (Å²) in [6.45, 7) is 6.49. The first kappa shape index (κ1) is 6.23. The Labute approximate surface area is 74.0 Å². The van der Waals surface area contributed by atoms with Gasteiger partial charge >= 0.3 is 0 Å². The molecule has 5 rings (SSSR count). The van der Waals surface area contributed by atoms with E-state index in [4.69, 9.17) is 0 Å². The van der Waals surface area contributed by atoms with Crippen molar-refractivity contribution in [2.45, 2.75) is 26.2 Å².